The van der Waals surface area contributed by atoms with Gasteiger partial charge < -0.3 is 9.26 Å². The van der Waals surface area contributed by atoms with Gasteiger partial charge in [0.2, 0.25) is 11.7 Å². The van der Waals surface area contributed by atoms with Gasteiger partial charge in [0.1, 0.15) is 22.8 Å². The molecule has 0 N–H and O–H groups in total. The van der Waals surface area contributed by atoms with Crippen LogP contribution in [0.1, 0.15) is 12.8 Å². The van der Waals surface area contributed by atoms with Crippen LogP contribution in [0.25, 0.3) is 27.3 Å². The molecule has 0 saturated carbocycles. The van der Waals surface area contributed by atoms with Crippen molar-refractivity contribution < 1.29 is 13.7 Å². The fraction of sp³-hybridized carbons (Fsp3) is 0.130. The summed E-state index contributed by atoms with van der Waals surface area (Å²) in [4.78, 5) is 30.7. The quantitative estimate of drug-likeness (QED) is 0.379. The third-order valence-electron chi connectivity index (χ3n) is 5.01. The summed E-state index contributed by atoms with van der Waals surface area (Å²) in [5.41, 5.74) is 0.102. The number of hydrogen-bond donors (Lipinski definition) is 0. The molecule has 0 atom stereocenters. The van der Waals surface area contributed by atoms with Crippen LogP contribution in [0.5, 0.6) is 5.75 Å². The van der Waals surface area contributed by atoms with Gasteiger partial charge in [-0.3, -0.25) is 9.36 Å². The lowest BCUT2D eigenvalue weighted by Crippen LogP contribution is -2.38. The van der Waals surface area contributed by atoms with Gasteiger partial charge >= 0.3 is 5.69 Å². The van der Waals surface area contributed by atoms with Gasteiger partial charge in [0.25, 0.3) is 5.56 Å². The highest BCUT2D eigenvalue weighted by atomic mass is 32.1. The van der Waals surface area contributed by atoms with E-state index in [1.54, 1.807) is 11.4 Å². The highest BCUT2D eigenvalue weighted by Gasteiger charge is 2.19. The van der Waals surface area contributed by atoms with Crippen LogP contribution in [-0.4, -0.2) is 25.9 Å². The monoisotopic (exact) mass is 464 g/mol. The van der Waals surface area contributed by atoms with Crippen molar-refractivity contribution in [3.8, 4) is 22.8 Å². The van der Waals surface area contributed by atoms with E-state index in [1.165, 1.54) is 34.1 Å². The molecule has 0 saturated heterocycles. The summed E-state index contributed by atoms with van der Waals surface area (Å²) in [6.07, 6.45) is 0. The molecule has 33 heavy (non-hydrogen) atoms. The van der Waals surface area contributed by atoms with Gasteiger partial charge in [0, 0.05) is 0 Å². The summed E-state index contributed by atoms with van der Waals surface area (Å²) in [6.45, 7) is 2.30. The van der Waals surface area contributed by atoms with Crippen molar-refractivity contribution >= 4 is 21.6 Å². The van der Waals surface area contributed by atoms with E-state index in [1.807, 2.05) is 31.2 Å². The highest BCUT2D eigenvalue weighted by molar-refractivity contribution is 7.17. The van der Waals surface area contributed by atoms with Crippen molar-refractivity contribution in [1.82, 2.24) is 19.3 Å². The van der Waals surface area contributed by atoms with Crippen molar-refractivity contribution in [2.24, 2.45) is 0 Å². The van der Waals surface area contributed by atoms with Gasteiger partial charge in [-0.15, -0.1) is 11.3 Å². The minimum Gasteiger partial charge on any atom is -0.493 e. The Hall–Kier alpha value is -4.05. The fourth-order valence-electron chi connectivity index (χ4n) is 3.58. The van der Waals surface area contributed by atoms with E-state index < -0.39 is 17.1 Å². The first-order chi connectivity index (χ1) is 16.1. The lowest BCUT2D eigenvalue weighted by Gasteiger charge is -2.10. The van der Waals surface area contributed by atoms with Crippen LogP contribution in [0.2, 0.25) is 0 Å². The van der Waals surface area contributed by atoms with Crippen LogP contribution in [0.3, 0.4) is 0 Å². The smallest absolute Gasteiger partial charge is 0.336 e. The molecule has 0 aliphatic carbocycles. The van der Waals surface area contributed by atoms with E-state index in [4.69, 9.17) is 9.26 Å². The molecule has 5 rings (SSSR count). The minimum absolute atomic E-state index is 0.0640. The molecule has 8 nitrogen and oxygen atoms in total. The van der Waals surface area contributed by atoms with E-state index in [9.17, 15) is 14.0 Å². The molecular formula is C23H17FN4O4S. The molecule has 2 aromatic carbocycles. The third kappa shape index (κ3) is 3.74. The van der Waals surface area contributed by atoms with Crippen molar-refractivity contribution in [2.45, 2.75) is 13.5 Å². The number of halogens is 1. The predicted octanol–water partition coefficient (Wildman–Crippen LogP) is 3.85. The number of hydrogen-bond acceptors (Lipinski definition) is 7. The average molecular weight is 464 g/mol. The summed E-state index contributed by atoms with van der Waals surface area (Å²) >= 11 is 1.20. The molecule has 3 heterocycles. The van der Waals surface area contributed by atoms with Crippen molar-refractivity contribution in [3.63, 3.8) is 0 Å². The number of fused-ring (bicyclic) bond motifs is 1. The zero-order valence-electron chi connectivity index (χ0n) is 17.4. The maximum atomic E-state index is 13.8. The van der Waals surface area contributed by atoms with Crippen LogP contribution in [0, 0.1) is 5.82 Å². The minimum atomic E-state index is -0.633. The van der Waals surface area contributed by atoms with E-state index in [0.717, 1.165) is 10.6 Å². The number of nitrogens with zero attached hydrogens (tertiary/aromatic N) is 4. The Morgan fingerprint density at radius 3 is 2.79 bits per heavy atom. The largest absolute Gasteiger partial charge is 0.493 e. The highest BCUT2D eigenvalue weighted by Crippen LogP contribution is 2.27. The summed E-state index contributed by atoms with van der Waals surface area (Å²) in [6, 6.07) is 14.3. The Kier molecular flexibility index (Phi) is 5.35. The van der Waals surface area contributed by atoms with E-state index >= 15 is 0 Å². The second kappa shape index (κ2) is 8.47. The van der Waals surface area contributed by atoms with Gasteiger partial charge in [-0.05, 0) is 48.7 Å². The Morgan fingerprint density at radius 2 is 1.97 bits per heavy atom. The van der Waals surface area contributed by atoms with Crippen LogP contribution in [0.4, 0.5) is 4.39 Å². The van der Waals surface area contributed by atoms with Crippen LogP contribution in [0.15, 0.2) is 74.1 Å². The molecule has 0 unspecified atom stereocenters. The number of para-hydroxylation sites is 1. The maximum absolute atomic E-state index is 13.8. The third-order valence-corrected chi connectivity index (χ3v) is 5.90. The Bertz CT molecular complexity index is 1580. The van der Waals surface area contributed by atoms with Gasteiger partial charge in [-0.2, -0.15) is 4.98 Å². The second-order valence-electron chi connectivity index (χ2n) is 7.07. The first-order valence-electron chi connectivity index (χ1n) is 10.1. The van der Waals surface area contributed by atoms with Crippen molar-refractivity contribution in [2.75, 3.05) is 6.61 Å². The van der Waals surface area contributed by atoms with Crippen molar-refractivity contribution in [3.05, 3.63) is 92.5 Å². The van der Waals surface area contributed by atoms with Crippen LogP contribution in [-0.2, 0) is 6.54 Å². The molecule has 166 valence electrons. The summed E-state index contributed by atoms with van der Waals surface area (Å²) in [7, 11) is 0. The fourth-order valence-corrected chi connectivity index (χ4v) is 4.40. The van der Waals surface area contributed by atoms with E-state index in [-0.39, 0.29) is 18.1 Å². The first kappa shape index (κ1) is 20.8. The van der Waals surface area contributed by atoms with Gasteiger partial charge in [-0.25, -0.2) is 13.8 Å². The molecule has 5 aromatic rings. The number of aromatic nitrogens is 4. The first-order valence-corrected chi connectivity index (χ1v) is 11.0. The molecule has 0 spiro atoms. The lowest BCUT2D eigenvalue weighted by molar-refractivity contribution is 0.340. The Morgan fingerprint density at radius 1 is 1.12 bits per heavy atom. The zero-order valence-corrected chi connectivity index (χ0v) is 18.2. The summed E-state index contributed by atoms with van der Waals surface area (Å²) in [5, 5.41) is 5.75. The molecule has 0 aliphatic heterocycles. The van der Waals surface area contributed by atoms with Gasteiger partial charge in [-0.1, -0.05) is 23.4 Å². The summed E-state index contributed by atoms with van der Waals surface area (Å²) in [5.74, 6) is 0.563. The molecular weight excluding hydrogens is 447 g/mol. The number of benzene rings is 2. The molecule has 0 aliphatic rings. The molecule has 0 radical (unpaired) electrons. The SMILES string of the molecule is CCOc1ccccc1-c1noc(Cn2c(=O)n(-c3cccc(F)c3)c(=O)c3sccc32)n1. The van der Waals surface area contributed by atoms with Crippen LogP contribution < -0.4 is 16.0 Å². The average Bonchev–Trinajstić information content (AvgIpc) is 3.48. The summed E-state index contributed by atoms with van der Waals surface area (Å²) < 4.78 is 27.5. The lowest BCUT2D eigenvalue weighted by atomic mass is 10.2. The van der Waals surface area contributed by atoms with Gasteiger partial charge in [0.15, 0.2) is 0 Å². The molecule has 10 heteroatoms. The molecule has 0 bridgehead atoms. The Balaban J connectivity index is 1.61. The van der Waals surface area contributed by atoms with E-state index in [0.29, 0.717) is 34.0 Å². The van der Waals surface area contributed by atoms with E-state index in [2.05, 4.69) is 10.1 Å². The number of rotatable bonds is 6. The Labute approximate surface area is 190 Å². The predicted molar refractivity (Wildman–Crippen MR) is 122 cm³/mol. The molecule has 0 amide bonds. The molecule has 3 aromatic heterocycles. The number of thiophene rings is 1. The maximum Gasteiger partial charge on any atom is 0.336 e. The second-order valence-corrected chi connectivity index (χ2v) is 7.98. The normalized spacial score (nSPS) is 11.2. The standard InChI is InChI=1S/C23H17FN4O4S/c1-2-31-18-9-4-3-8-16(18)21-25-19(32-26-21)13-27-17-10-11-33-20(17)22(29)28(23(27)30)15-7-5-6-14(24)12-15/h3-12H,2,13H2,1H3. The zero-order chi connectivity index (χ0) is 22.9. The number of ether oxygens (including phenoxy) is 1. The van der Waals surface area contributed by atoms with Crippen molar-refractivity contribution in [1.29, 1.82) is 0 Å². The van der Waals surface area contributed by atoms with Gasteiger partial charge in [0.05, 0.1) is 23.4 Å². The molecule has 0 fully saturated rings. The topological polar surface area (TPSA) is 92.2 Å². The van der Waals surface area contributed by atoms with Crippen LogP contribution >= 0.6 is 11.3 Å².